The number of nitro benzene ring substituents is 5. The molecule has 0 aliphatic rings. The van der Waals surface area contributed by atoms with Crippen molar-refractivity contribution in [2.45, 2.75) is 144 Å². The molecule has 10 aromatic carbocycles. The second-order valence-electron chi connectivity index (χ2n) is 31.6. The summed E-state index contributed by atoms with van der Waals surface area (Å²) in [5.41, 5.74) is 19.5. The molecule has 0 fully saturated rings. The average molecular weight is 2320 g/mol. The first kappa shape index (κ1) is 127. The minimum absolute atomic E-state index is 0. The summed E-state index contributed by atoms with van der Waals surface area (Å²) in [7, 11) is -17.3. The van der Waals surface area contributed by atoms with Crippen LogP contribution in [0.4, 0.5) is 108 Å². The fourth-order valence-electron chi connectivity index (χ4n) is 11.3. The molecule has 4 heterocycles. The van der Waals surface area contributed by atoms with Gasteiger partial charge in [0.25, 0.3) is 22.7 Å². The summed E-state index contributed by atoms with van der Waals surface area (Å²) in [6.45, 7) is 20.0. The van der Waals surface area contributed by atoms with Gasteiger partial charge in [-0.05, 0) is 190 Å². The maximum absolute atomic E-state index is 12.6. The number of aromatic nitrogens is 8. The number of nitrogens with one attached hydrogen (secondary N) is 5. The topological polar surface area (TPSA) is 628 Å². The molecule has 0 saturated carbocycles. The van der Waals surface area contributed by atoms with Gasteiger partial charge in [-0.25, -0.2) is 67.0 Å². The van der Waals surface area contributed by atoms with E-state index in [9.17, 15) is 97.1 Å². The van der Waals surface area contributed by atoms with Crippen molar-refractivity contribution < 1.29 is 102 Å². The van der Waals surface area contributed by atoms with Gasteiger partial charge in [-0.1, -0.05) is 175 Å². The van der Waals surface area contributed by atoms with E-state index < -0.39 is 107 Å². The zero-order valence-electron chi connectivity index (χ0n) is 82.6. The molecule has 0 radical (unpaired) electrons. The number of nitro groups is 5. The van der Waals surface area contributed by atoms with E-state index >= 15 is 0 Å². The van der Waals surface area contributed by atoms with Crippen LogP contribution >= 0.6 is 93.0 Å². The van der Waals surface area contributed by atoms with E-state index in [1.165, 1.54) is 141 Å². The van der Waals surface area contributed by atoms with Crippen molar-refractivity contribution in [3.8, 4) is 0 Å². The Hall–Kier alpha value is -13.0. The van der Waals surface area contributed by atoms with Crippen LogP contribution in [-0.4, -0.2) is 138 Å². The Labute approximate surface area is 926 Å². The largest absolute Gasteiger partial charge is 1.00 e. The SMILES string of the molecule is CC(C)S(=O)(=O)c1ccccc1N.CC(C)S(=O)(=O)c1ccccc1Nc1nc(Cl)ncc1Cl.CC(C)S(=O)(=O)c1ccccc1Nc1nc(Nc2cccc(N)c2)ncc1Cl.CC(C)S(=O)(=O)c1ccccc1Nc1nc(Nc2cccc([N+](=O)[O-])c2)ncc1Cl.CC(C)S(=O)(=O)c1ccccc1[N+](=O)[O-].CC(C)Sc1ccccc1[N+](=O)[O-].Clc1ncc(Cl)c(Cl)n1.Nc1cccc([N+](=O)[O-])c1.O=[N+]([O-])c1ccccc1F.[H-].[Na+]. The number of hydrogen-bond donors (Lipinski definition) is 8. The Morgan fingerprint density at radius 3 is 1.01 bits per heavy atom. The second kappa shape index (κ2) is 59.5. The molecule has 41 nitrogen and oxygen atoms in total. The minimum Gasteiger partial charge on any atom is -1.00 e. The monoisotopic (exact) mass is 2320 g/mol. The van der Waals surface area contributed by atoms with Crippen molar-refractivity contribution in [1.82, 2.24) is 39.9 Å². The van der Waals surface area contributed by atoms with Crippen LogP contribution in [0.1, 0.15) is 84.5 Å². The molecule has 0 amide bonds. The quantitative estimate of drug-likeness (QED) is 0.00451. The Morgan fingerprint density at radius 1 is 0.327 bits per heavy atom. The molecule has 792 valence electrons. The Bertz CT molecular complexity index is 7710. The smallest absolute Gasteiger partial charge is 1.00 e. The summed E-state index contributed by atoms with van der Waals surface area (Å²) in [6.07, 6.45) is 5.47. The van der Waals surface area contributed by atoms with Gasteiger partial charge in [0.1, 0.15) is 20.0 Å². The van der Waals surface area contributed by atoms with E-state index in [4.69, 9.17) is 98.4 Å². The molecule has 0 unspecified atom stereocenters. The summed E-state index contributed by atoms with van der Waals surface area (Å²) >= 11 is 41.9. The molecule has 14 aromatic rings. The van der Waals surface area contributed by atoms with Crippen LogP contribution in [0.3, 0.4) is 0 Å². The van der Waals surface area contributed by atoms with E-state index in [1.54, 1.807) is 183 Å². The van der Waals surface area contributed by atoms with Crippen LogP contribution in [0, 0.1) is 56.4 Å². The van der Waals surface area contributed by atoms with E-state index in [2.05, 4.69) is 66.5 Å². The van der Waals surface area contributed by atoms with Gasteiger partial charge in [0, 0.05) is 70.5 Å². The molecule has 150 heavy (non-hydrogen) atoms. The van der Waals surface area contributed by atoms with Crippen molar-refractivity contribution in [2.75, 3.05) is 43.8 Å². The number of halogens is 8. The molecule has 14 rings (SSSR count). The standard InChI is InChI=1S/C19H18ClN5O4S.C19H20ClN5O2S.C13H13Cl2N3O2S.C9H11NO4S.C9H13NO2S.C9H11NO2S.C6H4FNO2.C6H6N2O2.C4HCl3N2.Na.H/c1-12(2)30(28,29)17-9-4-3-8-16(17)23-18-15(20)11-21-19(24-18)22-13-6-5-7-14(10-13)25(26)27;1-12(2)28(26,27)17-9-4-3-8-16(17)24-18-15(20)11-22-19(25-18)23-14-7-5-6-13(21)10-14;1-8(2)21(19,20)11-6-4-3-5-10(11)17-12-9(14)7-16-13(15)18-12;1-7(2)15(13,14)9-6-4-3-5-8(9)10(11)12;1-7(2)13(11,12)9-6-4-3-5-8(9)10;1-7(2)13-9-6-4-3-5-8(9)10(11)12;7-5-3-1-2-4-6(5)8(9)10;7-5-2-1-3-6(4-5)8(9)10;5-2-1-8-4(7)9-3(2)6;;/h3-12H,1-2H3,(H2,21,22,23,24);3-12H,21H2,1-2H3,(H2,22,23,24,25);3-8H,1-2H3,(H,16,17,18);3-7H,1-2H3;3-7H,10H2,1-2H3;3-7H,1-2H3;1-4H;1-4H,7H2;1H;;/q;;;;;;;;;+1;-1. The van der Waals surface area contributed by atoms with Gasteiger partial charge in [-0.2, -0.15) is 19.3 Å². The number of thioether (sulfide) groups is 1. The van der Waals surface area contributed by atoms with Gasteiger partial charge < -0.3 is 45.2 Å². The second-order valence-corrected chi connectivity index (χ2v) is 48.3. The van der Waals surface area contributed by atoms with Crippen molar-refractivity contribution in [1.29, 1.82) is 0 Å². The number of sulfone groups is 5. The van der Waals surface area contributed by atoms with Gasteiger partial charge in [-0.3, -0.25) is 50.6 Å². The molecule has 56 heteroatoms. The molecule has 0 atom stereocenters. The summed E-state index contributed by atoms with van der Waals surface area (Å²) in [5, 5.41) is 65.9. The van der Waals surface area contributed by atoms with Crippen molar-refractivity contribution >= 4 is 245 Å². The number of rotatable bonds is 27. The summed E-state index contributed by atoms with van der Waals surface area (Å²) < 4.78 is 135. The summed E-state index contributed by atoms with van der Waals surface area (Å²) in [4.78, 5) is 82.4. The zero-order chi connectivity index (χ0) is 111. The number of para-hydroxylation sites is 7. The van der Waals surface area contributed by atoms with Gasteiger partial charge in [0.05, 0.1) is 128 Å². The maximum Gasteiger partial charge on any atom is 1.00 e. The number of nitrogens with two attached hydrogens (primary N) is 3. The van der Waals surface area contributed by atoms with Crippen LogP contribution in [0.5, 0.6) is 0 Å². The maximum atomic E-state index is 12.6. The van der Waals surface area contributed by atoms with E-state index in [1.807, 2.05) is 26.0 Å². The van der Waals surface area contributed by atoms with Crippen LogP contribution in [0.15, 0.2) is 297 Å². The molecular formula is C94H98Cl7FN21NaO20S6. The first-order chi connectivity index (χ1) is 69.8. The number of benzene rings is 10. The molecule has 0 aliphatic carbocycles. The Morgan fingerprint density at radius 2 is 0.640 bits per heavy atom. The first-order valence-corrected chi connectivity index (χ1v) is 54.4. The molecule has 11 N–H and O–H groups in total. The van der Waals surface area contributed by atoms with Gasteiger partial charge in [-0.15, -0.1) is 11.8 Å². The molecular weight excluding hydrogens is 2230 g/mol. The first-order valence-electron chi connectivity index (χ1n) is 43.2. The van der Waals surface area contributed by atoms with Crippen molar-refractivity contribution in [3.63, 3.8) is 0 Å². The number of anilines is 13. The average Bonchev–Trinajstić information content (AvgIpc) is 0.820. The Balaban J connectivity index is 0.000000364. The molecule has 4 aromatic heterocycles. The van der Waals surface area contributed by atoms with Crippen molar-refractivity contribution in [2.24, 2.45) is 0 Å². The van der Waals surface area contributed by atoms with E-state index in [0.29, 0.717) is 56.0 Å². The van der Waals surface area contributed by atoms with Gasteiger partial charge in [0.15, 0.2) is 71.8 Å². The third kappa shape index (κ3) is 38.8. The number of nitrogen functional groups attached to an aromatic ring is 3. The predicted octanol–water partition coefficient (Wildman–Crippen LogP) is 21.6. The van der Waals surface area contributed by atoms with Crippen LogP contribution in [0.25, 0.3) is 0 Å². The summed E-state index contributed by atoms with van der Waals surface area (Å²) in [5.74, 6) is 0.351. The zero-order valence-corrected chi connectivity index (χ0v) is 93.7. The van der Waals surface area contributed by atoms with E-state index in [-0.39, 0.29) is 137 Å². The molecule has 0 saturated heterocycles. The number of non-ortho nitro benzene ring substituents is 2. The minimum atomic E-state index is -3.59. The molecule has 0 spiro atoms. The van der Waals surface area contributed by atoms with Crippen LogP contribution in [0.2, 0.25) is 35.8 Å². The Kier molecular flexibility index (Phi) is 50.6. The van der Waals surface area contributed by atoms with Gasteiger partial charge >= 0.3 is 35.2 Å². The number of hydrogen-bond acceptors (Lipinski definition) is 37. The molecule has 0 aliphatic heterocycles. The number of nitrogens with zero attached hydrogens (tertiary/aromatic N) is 13. The fraction of sp³-hybridized carbons (Fsp3) is 0.191. The van der Waals surface area contributed by atoms with E-state index in [0.717, 1.165) is 22.7 Å². The normalized spacial score (nSPS) is 10.9. The van der Waals surface area contributed by atoms with Crippen LogP contribution < -0.4 is 73.3 Å². The summed E-state index contributed by atoms with van der Waals surface area (Å²) in [6, 6.07) is 62.2. The third-order valence-corrected chi connectivity index (χ3v) is 32.9. The van der Waals surface area contributed by atoms with Gasteiger partial charge in [0.2, 0.25) is 28.3 Å². The predicted molar refractivity (Wildman–Crippen MR) is 584 cm³/mol. The fourth-order valence-corrected chi connectivity index (χ4v) is 19.1. The molecule has 0 bridgehead atoms. The van der Waals surface area contributed by atoms with Crippen LogP contribution in [-0.2, 0) is 49.2 Å². The van der Waals surface area contributed by atoms with Crippen molar-refractivity contribution in [3.05, 3.63) is 360 Å². The third-order valence-electron chi connectivity index (χ3n) is 18.9.